The molecular weight excluding hydrogens is 338 g/mol. The third-order valence-corrected chi connectivity index (χ3v) is 5.75. The summed E-state index contributed by atoms with van der Waals surface area (Å²) in [6.45, 7) is 3.69. The second-order valence-electron chi connectivity index (χ2n) is 7.67. The molecule has 5 heteroatoms. The third-order valence-electron chi connectivity index (χ3n) is 5.75. The number of piperidine rings is 1. The van der Waals surface area contributed by atoms with Crippen molar-refractivity contribution in [3.63, 3.8) is 0 Å². The number of amides is 1. The van der Waals surface area contributed by atoms with Gasteiger partial charge >= 0.3 is 0 Å². The molecule has 5 nitrogen and oxygen atoms in total. The van der Waals surface area contributed by atoms with Crippen molar-refractivity contribution >= 4 is 11.7 Å². The van der Waals surface area contributed by atoms with Crippen LogP contribution in [0.5, 0.6) is 0 Å². The number of pyridine rings is 1. The summed E-state index contributed by atoms with van der Waals surface area (Å²) in [4.78, 5) is 18.4. The molecule has 1 aromatic heterocycles. The summed E-state index contributed by atoms with van der Waals surface area (Å²) in [5.41, 5.74) is 8.18. The minimum Gasteiger partial charge on any atom is -0.396 e. The molecule has 2 aromatic rings. The zero-order valence-corrected chi connectivity index (χ0v) is 16.0. The van der Waals surface area contributed by atoms with Gasteiger partial charge in [0.25, 0.3) is 5.91 Å². The lowest BCUT2D eigenvalue weighted by Gasteiger charge is -2.41. The first-order valence-electron chi connectivity index (χ1n) is 9.70. The lowest BCUT2D eigenvalue weighted by Crippen LogP contribution is -2.43. The number of aliphatic hydroxyl groups is 1. The van der Waals surface area contributed by atoms with Gasteiger partial charge in [0.2, 0.25) is 0 Å². The Kier molecular flexibility index (Phi) is 6.11. The number of anilines is 1. The fourth-order valence-electron chi connectivity index (χ4n) is 3.97. The van der Waals surface area contributed by atoms with E-state index in [0.29, 0.717) is 11.4 Å². The molecule has 1 aliphatic heterocycles. The van der Waals surface area contributed by atoms with Crippen LogP contribution in [0.3, 0.4) is 0 Å². The number of carbonyl (C=O) groups is 1. The Balaban J connectivity index is 1.62. The third kappa shape index (κ3) is 4.66. The van der Waals surface area contributed by atoms with Crippen molar-refractivity contribution in [3.8, 4) is 0 Å². The standard InChI is InChI=1S/C22H29N3O2/c1-17-9-10-19(20(23)27)21(24-17)25-14-12-22(16-26,13-15-25)11-5-8-18-6-3-2-4-7-18/h2-4,6-7,9-10,26H,5,8,11-16H2,1H3,(H2,23,27). The Bertz CT molecular complexity index is 768. The Morgan fingerprint density at radius 3 is 2.52 bits per heavy atom. The van der Waals surface area contributed by atoms with Crippen LogP contribution in [0.1, 0.15) is 47.3 Å². The van der Waals surface area contributed by atoms with E-state index in [4.69, 9.17) is 5.73 Å². The molecule has 0 spiro atoms. The zero-order valence-electron chi connectivity index (χ0n) is 16.0. The van der Waals surface area contributed by atoms with E-state index in [2.05, 4.69) is 34.1 Å². The monoisotopic (exact) mass is 367 g/mol. The van der Waals surface area contributed by atoms with Crippen LogP contribution in [-0.4, -0.2) is 35.7 Å². The number of hydrogen-bond acceptors (Lipinski definition) is 4. The van der Waals surface area contributed by atoms with Crippen molar-refractivity contribution in [1.29, 1.82) is 0 Å². The zero-order chi connectivity index (χ0) is 19.3. The van der Waals surface area contributed by atoms with Gasteiger partial charge in [-0.3, -0.25) is 4.79 Å². The van der Waals surface area contributed by atoms with E-state index in [1.807, 2.05) is 19.1 Å². The number of nitrogens with two attached hydrogens (primary N) is 1. The highest BCUT2D eigenvalue weighted by molar-refractivity contribution is 5.97. The highest BCUT2D eigenvalue weighted by Gasteiger charge is 2.34. The van der Waals surface area contributed by atoms with Gasteiger partial charge in [-0.1, -0.05) is 30.3 Å². The second kappa shape index (κ2) is 8.53. The second-order valence-corrected chi connectivity index (χ2v) is 7.67. The Hall–Kier alpha value is -2.40. The van der Waals surface area contributed by atoms with Crippen LogP contribution in [0.2, 0.25) is 0 Å². The van der Waals surface area contributed by atoms with Crippen LogP contribution in [-0.2, 0) is 6.42 Å². The maximum atomic E-state index is 11.8. The van der Waals surface area contributed by atoms with E-state index < -0.39 is 5.91 Å². The summed E-state index contributed by atoms with van der Waals surface area (Å²) in [7, 11) is 0. The molecule has 0 atom stereocenters. The number of nitrogens with zero attached hydrogens (tertiary/aromatic N) is 2. The highest BCUT2D eigenvalue weighted by Crippen LogP contribution is 2.37. The van der Waals surface area contributed by atoms with Crippen molar-refractivity contribution < 1.29 is 9.90 Å². The van der Waals surface area contributed by atoms with Crippen LogP contribution >= 0.6 is 0 Å². The van der Waals surface area contributed by atoms with Crippen molar-refractivity contribution in [3.05, 3.63) is 59.3 Å². The quantitative estimate of drug-likeness (QED) is 0.788. The van der Waals surface area contributed by atoms with Crippen molar-refractivity contribution in [2.75, 3.05) is 24.6 Å². The minimum atomic E-state index is -0.445. The summed E-state index contributed by atoms with van der Waals surface area (Å²) in [6, 6.07) is 14.1. The smallest absolute Gasteiger partial charge is 0.252 e. The van der Waals surface area contributed by atoms with Crippen molar-refractivity contribution in [1.82, 2.24) is 4.98 Å². The maximum Gasteiger partial charge on any atom is 0.252 e. The summed E-state index contributed by atoms with van der Waals surface area (Å²) >= 11 is 0. The van der Waals surface area contributed by atoms with Crippen LogP contribution in [0, 0.1) is 12.3 Å². The van der Waals surface area contributed by atoms with E-state index in [1.54, 1.807) is 6.07 Å². The van der Waals surface area contributed by atoms with Crippen LogP contribution in [0.25, 0.3) is 0 Å². The average molecular weight is 367 g/mol. The molecule has 0 aliphatic carbocycles. The van der Waals surface area contributed by atoms with Crippen LogP contribution in [0.15, 0.2) is 42.5 Å². The van der Waals surface area contributed by atoms with Gasteiger partial charge in [-0.15, -0.1) is 0 Å². The number of aryl methyl sites for hydroxylation is 2. The van der Waals surface area contributed by atoms with Gasteiger partial charge in [0.1, 0.15) is 5.82 Å². The van der Waals surface area contributed by atoms with Gasteiger partial charge in [-0.2, -0.15) is 0 Å². The topological polar surface area (TPSA) is 79.5 Å². The van der Waals surface area contributed by atoms with Crippen molar-refractivity contribution in [2.45, 2.75) is 39.0 Å². The molecule has 0 saturated carbocycles. The van der Waals surface area contributed by atoms with E-state index >= 15 is 0 Å². The first kappa shape index (κ1) is 19.4. The Labute approximate surface area is 161 Å². The molecule has 1 fully saturated rings. The molecule has 3 N–H and O–H groups in total. The number of aromatic nitrogens is 1. The Morgan fingerprint density at radius 2 is 1.89 bits per heavy atom. The number of aliphatic hydroxyl groups excluding tert-OH is 1. The predicted octanol–water partition coefficient (Wildman–Crippen LogP) is 3.09. The molecular formula is C22H29N3O2. The van der Waals surface area contributed by atoms with Gasteiger partial charge in [0.15, 0.2) is 0 Å². The minimum absolute atomic E-state index is 0.0397. The average Bonchev–Trinajstić information content (AvgIpc) is 2.69. The van der Waals surface area contributed by atoms with E-state index in [1.165, 1.54) is 5.56 Å². The largest absolute Gasteiger partial charge is 0.396 e. The van der Waals surface area contributed by atoms with Crippen LogP contribution < -0.4 is 10.6 Å². The molecule has 0 radical (unpaired) electrons. The molecule has 0 bridgehead atoms. The number of carbonyl (C=O) groups excluding carboxylic acids is 1. The molecule has 1 saturated heterocycles. The number of primary amides is 1. The van der Waals surface area contributed by atoms with E-state index in [9.17, 15) is 9.90 Å². The lowest BCUT2D eigenvalue weighted by molar-refractivity contribution is 0.0847. The normalized spacial score (nSPS) is 16.3. The molecule has 1 aromatic carbocycles. The molecule has 1 amide bonds. The van der Waals surface area contributed by atoms with Crippen molar-refractivity contribution in [2.24, 2.45) is 11.1 Å². The number of hydrogen-bond donors (Lipinski definition) is 2. The lowest BCUT2D eigenvalue weighted by atomic mass is 9.75. The highest BCUT2D eigenvalue weighted by atomic mass is 16.3. The SMILES string of the molecule is Cc1ccc(C(N)=O)c(N2CCC(CO)(CCCc3ccccc3)CC2)n1. The van der Waals surface area contributed by atoms with Gasteiger partial charge in [0.05, 0.1) is 5.56 Å². The summed E-state index contributed by atoms with van der Waals surface area (Å²) in [5.74, 6) is 0.234. The fourth-order valence-corrected chi connectivity index (χ4v) is 3.97. The molecule has 144 valence electrons. The van der Waals surface area contributed by atoms with Gasteiger partial charge in [-0.05, 0) is 62.1 Å². The molecule has 1 aliphatic rings. The molecule has 3 rings (SSSR count). The van der Waals surface area contributed by atoms with Gasteiger partial charge in [-0.25, -0.2) is 4.98 Å². The van der Waals surface area contributed by atoms with Gasteiger partial charge in [0, 0.05) is 25.4 Å². The molecule has 27 heavy (non-hydrogen) atoms. The summed E-state index contributed by atoms with van der Waals surface area (Å²) < 4.78 is 0. The first-order chi connectivity index (χ1) is 13.0. The van der Waals surface area contributed by atoms with E-state index in [0.717, 1.165) is 50.9 Å². The fraction of sp³-hybridized carbons (Fsp3) is 0.455. The number of benzene rings is 1. The predicted molar refractivity (Wildman–Crippen MR) is 108 cm³/mol. The maximum absolute atomic E-state index is 11.8. The molecule has 2 heterocycles. The Morgan fingerprint density at radius 1 is 1.19 bits per heavy atom. The van der Waals surface area contributed by atoms with Crippen LogP contribution in [0.4, 0.5) is 5.82 Å². The van der Waals surface area contributed by atoms with E-state index in [-0.39, 0.29) is 12.0 Å². The molecule has 0 unspecified atom stereocenters. The summed E-state index contributed by atoms with van der Waals surface area (Å²) in [5, 5.41) is 10.1. The van der Waals surface area contributed by atoms with Gasteiger partial charge < -0.3 is 15.7 Å². The number of rotatable bonds is 7. The first-order valence-corrected chi connectivity index (χ1v) is 9.70. The summed E-state index contributed by atoms with van der Waals surface area (Å²) in [6.07, 6.45) is 4.91.